The molecule has 0 unspecified atom stereocenters. The first-order valence-electron chi connectivity index (χ1n) is 10.2. The average molecular weight is 404 g/mol. The molecule has 0 spiro atoms. The Labute approximate surface area is 175 Å². The number of nitrogens with one attached hydrogen (secondary N) is 1. The molecule has 2 aliphatic rings. The first-order valence-corrected chi connectivity index (χ1v) is 10.2. The number of nitrogens with zero attached hydrogens (tertiary/aromatic N) is 3. The van der Waals surface area contributed by atoms with E-state index in [1.807, 2.05) is 42.5 Å². The molecule has 0 radical (unpaired) electrons. The predicted molar refractivity (Wildman–Crippen MR) is 115 cm³/mol. The quantitative estimate of drug-likeness (QED) is 0.832. The van der Waals surface area contributed by atoms with Crippen molar-refractivity contribution in [2.75, 3.05) is 23.3 Å². The van der Waals surface area contributed by atoms with Crippen LogP contribution in [0.5, 0.6) is 0 Å². The van der Waals surface area contributed by atoms with Gasteiger partial charge in [-0.1, -0.05) is 30.3 Å². The molecule has 1 N–H and O–H groups in total. The molecule has 3 amide bonds. The molecule has 2 heterocycles. The van der Waals surface area contributed by atoms with E-state index >= 15 is 0 Å². The lowest BCUT2D eigenvalue weighted by Gasteiger charge is -2.15. The monoisotopic (exact) mass is 404 g/mol. The molecule has 0 bridgehead atoms. The second-order valence-electron chi connectivity index (χ2n) is 7.49. The molecule has 0 fully saturated rings. The van der Waals surface area contributed by atoms with Gasteiger partial charge in [-0.2, -0.15) is 5.10 Å². The van der Waals surface area contributed by atoms with Gasteiger partial charge in [0.15, 0.2) is 0 Å². The standard InChI is InChI=1S/C23H24N4O3/c1-16(28)26-13-11-18-15-19(7-8-21(18)26)24-22(29)9-10-23(30)27-14-12-20(25-27)17-5-3-2-4-6-17/h2-8,15H,9-14H2,1H3,(H,24,29). The number of hydrazone groups is 1. The number of carbonyl (C=O) groups is 3. The highest BCUT2D eigenvalue weighted by Gasteiger charge is 2.23. The third-order valence-corrected chi connectivity index (χ3v) is 5.40. The van der Waals surface area contributed by atoms with Crippen molar-refractivity contribution in [1.29, 1.82) is 0 Å². The first-order chi connectivity index (χ1) is 14.5. The molecule has 7 nitrogen and oxygen atoms in total. The highest BCUT2D eigenvalue weighted by molar-refractivity contribution is 6.03. The lowest BCUT2D eigenvalue weighted by Crippen LogP contribution is -2.25. The van der Waals surface area contributed by atoms with Gasteiger partial charge in [-0.3, -0.25) is 14.4 Å². The molecule has 0 atom stereocenters. The van der Waals surface area contributed by atoms with Gasteiger partial charge in [-0.05, 0) is 35.7 Å². The Bertz CT molecular complexity index is 1020. The second-order valence-corrected chi connectivity index (χ2v) is 7.49. The van der Waals surface area contributed by atoms with Crippen molar-refractivity contribution < 1.29 is 14.4 Å². The van der Waals surface area contributed by atoms with Crippen LogP contribution in [0, 0.1) is 0 Å². The highest BCUT2D eigenvalue weighted by atomic mass is 16.2. The molecule has 2 aromatic rings. The van der Waals surface area contributed by atoms with Crippen LogP contribution in [0.15, 0.2) is 53.6 Å². The molecular formula is C23H24N4O3. The highest BCUT2D eigenvalue weighted by Crippen LogP contribution is 2.30. The summed E-state index contributed by atoms with van der Waals surface area (Å²) >= 11 is 0. The van der Waals surface area contributed by atoms with Crippen LogP contribution in [0.4, 0.5) is 11.4 Å². The van der Waals surface area contributed by atoms with Crippen LogP contribution >= 0.6 is 0 Å². The van der Waals surface area contributed by atoms with E-state index in [4.69, 9.17) is 0 Å². The Morgan fingerprint density at radius 3 is 2.57 bits per heavy atom. The van der Waals surface area contributed by atoms with Crippen molar-refractivity contribution >= 4 is 34.8 Å². The Kier molecular flexibility index (Phi) is 5.61. The summed E-state index contributed by atoms with van der Waals surface area (Å²) in [5, 5.41) is 8.72. The molecular weight excluding hydrogens is 380 g/mol. The fraction of sp³-hybridized carbons (Fsp3) is 0.304. The van der Waals surface area contributed by atoms with E-state index in [1.54, 1.807) is 17.9 Å². The summed E-state index contributed by atoms with van der Waals surface area (Å²) in [7, 11) is 0. The number of hydrogen-bond acceptors (Lipinski definition) is 4. The maximum Gasteiger partial charge on any atom is 0.243 e. The number of fused-ring (bicyclic) bond motifs is 1. The lowest BCUT2D eigenvalue weighted by molar-refractivity contribution is -0.132. The molecule has 0 saturated heterocycles. The van der Waals surface area contributed by atoms with Crippen LogP contribution in [0.1, 0.15) is 37.3 Å². The lowest BCUT2D eigenvalue weighted by atomic mass is 10.1. The summed E-state index contributed by atoms with van der Waals surface area (Å²) in [4.78, 5) is 38.1. The summed E-state index contributed by atoms with van der Waals surface area (Å²) in [6, 6.07) is 15.3. The number of amides is 3. The van der Waals surface area contributed by atoms with Gasteiger partial charge in [0, 0.05) is 44.1 Å². The first kappa shape index (κ1) is 19.8. The van der Waals surface area contributed by atoms with Gasteiger partial charge in [0.25, 0.3) is 0 Å². The average Bonchev–Trinajstić information content (AvgIpc) is 3.40. The second kappa shape index (κ2) is 8.49. The van der Waals surface area contributed by atoms with E-state index in [9.17, 15) is 14.4 Å². The minimum Gasteiger partial charge on any atom is -0.326 e. The fourth-order valence-electron chi connectivity index (χ4n) is 3.85. The van der Waals surface area contributed by atoms with Gasteiger partial charge in [0.1, 0.15) is 0 Å². The topological polar surface area (TPSA) is 82.1 Å². The van der Waals surface area contributed by atoms with Crippen LogP contribution in [0.3, 0.4) is 0 Å². The van der Waals surface area contributed by atoms with E-state index in [0.29, 0.717) is 25.2 Å². The van der Waals surface area contributed by atoms with Crippen LogP contribution in [-0.4, -0.2) is 41.5 Å². The van der Waals surface area contributed by atoms with E-state index in [-0.39, 0.29) is 30.6 Å². The van der Waals surface area contributed by atoms with Gasteiger partial charge in [0.05, 0.1) is 12.3 Å². The number of benzene rings is 2. The summed E-state index contributed by atoms with van der Waals surface area (Å²) in [6.45, 7) is 2.76. The third-order valence-electron chi connectivity index (χ3n) is 5.40. The van der Waals surface area contributed by atoms with E-state index in [2.05, 4.69) is 10.4 Å². The number of carbonyl (C=O) groups excluding carboxylic acids is 3. The number of rotatable bonds is 5. The maximum atomic E-state index is 12.4. The fourth-order valence-corrected chi connectivity index (χ4v) is 3.85. The summed E-state index contributed by atoms with van der Waals surface area (Å²) in [5.74, 6) is -0.345. The van der Waals surface area contributed by atoms with Gasteiger partial charge in [0.2, 0.25) is 17.7 Å². The predicted octanol–water partition coefficient (Wildman–Crippen LogP) is 2.95. The zero-order valence-electron chi connectivity index (χ0n) is 16.9. The van der Waals surface area contributed by atoms with E-state index < -0.39 is 0 Å². The van der Waals surface area contributed by atoms with Crippen molar-refractivity contribution in [2.24, 2.45) is 5.10 Å². The van der Waals surface area contributed by atoms with Gasteiger partial charge in [-0.15, -0.1) is 0 Å². The van der Waals surface area contributed by atoms with Crippen LogP contribution in [-0.2, 0) is 20.8 Å². The molecule has 4 rings (SSSR count). The third kappa shape index (κ3) is 4.25. The normalized spacial score (nSPS) is 15.0. The Balaban J connectivity index is 1.30. The van der Waals surface area contributed by atoms with Crippen molar-refractivity contribution in [3.63, 3.8) is 0 Å². The molecule has 7 heteroatoms. The van der Waals surface area contributed by atoms with Gasteiger partial charge < -0.3 is 10.2 Å². The smallest absolute Gasteiger partial charge is 0.243 e. The van der Waals surface area contributed by atoms with Crippen molar-refractivity contribution in [1.82, 2.24) is 5.01 Å². The Morgan fingerprint density at radius 2 is 1.80 bits per heavy atom. The van der Waals surface area contributed by atoms with Crippen LogP contribution in [0.25, 0.3) is 0 Å². The van der Waals surface area contributed by atoms with E-state index in [0.717, 1.165) is 28.9 Å². The molecule has 2 aliphatic heterocycles. The largest absolute Gasteiger partial charge is 0.326 e. The van der Waals surface area contributed by atoms with Gasteiger partial charge in [-0.25, -0.2) is 5.01 Å². The van der Waals surface area contributed by atoms with Crippen LogP contribution in [0.2, 0.25) is 0 Å². The summed E-state index contributed by atoms with van der Waals surface area (Å²) < 4.78 is 0. The maximum absolute atomic E-state index is 12.4. The molecule has 0 aromatic heterocycles. The van der Waals surface area contributed by atoms with Gasteiger partial charge >= 0.3 is 0 Å². The molecule has 154 valence electrons. The van der Waals surface area contributed by atoms with Crippen molar-refractivity contribution in [3.8, 4) is 0 Å². The Hall–Kier alpha value is -3.48. The van der Waals surface area contributed by atoms with Crippen molar-refractivity contribution in [2.45, 2.75) is 32.6 Å². The number of hydrogen-bond donors (Lipinski definition) is 1. The summed E-state index contributed by atoms with van der Waals surface area (Å²) in [5.41, 5.74) is 4.54. The SMILES string of the molecule is CC(=O)N1CCc2cc(NC(=O)CCC(=O)N3CCC(c4ccccc4)=N3)ccc21. The van der Waals surface area contributed by atoms with Crippen LogP contribution < -0.4 is 10.2 Å². The summed E-state index contributed by atoms with van der Waals surface area (Å²) in [6.07, 6.45) is 1.70. The molecule has 0 saturated carbocycles. The minimum atomic E-state index is -0.212. The molecule has 30 heavy (non-hydrogen) atoms. The Morgan fingerprint density at radius 1 is 1.00 bits per heavy atom. The molecule has 2 aromatic carbocycles. The zero-order chi connectivity index (χ0) is 21.1. The zero-order valence-corrected chi connectivity index (χ0v) is 16.9. The number of anilines is 2. The molecule has 0 aliphatic carbocycles. The van der Waals surface area contributed by atoms with Crippen molar-refractivity contribution in [3.05, 3.63) is 59.7 Å². The minimum absolute atomic E-state index is 0.0176. The van der Waals surface area contributed by atoms with E-state index in [1.165, 1.54) is 5.01 Å².